The number of hydrogen-bond acceptors (Lipinski definition) is 3. The van der Waals surface area contributed by atoms with Gasteiger partial charge < -0.3 is 15.4 Å². The van der Waals surface area contributed by atoms with E-state index in [0.717, 1.165) is 37.3 Å². The lowest BCUT2D eigenvalue weighted by Gasteiger charge is -2.27. The second-order valence-corrected chi connectivity index (χ2v) is 8.11. The van der Waals surface area contributed by atoms with Crippen molar-refractivity contribution in [2.24, 2.45) is 5.92 Å². The zero-order chi connectivity index (χ0) is 23.7. The Morgan fingerprint density at radius 1 is 1.06 bits per heavy atom. The molecule has 0 heterocycles. The molecule has 2 aromatic rings. The smallest absolute Gasteiger partial charge is 0.251 e. The molecule has 0 aromatic heterocycles. The number of hydrogen-bond donors (Lipinski definition) is 2. The summed E-state index contributed by atoms with van der Waals surface area (Å²) in [5.74, 6) is -0.652. The van der Waals surface area contributed by atoms with Crippen LogP contribution in [-0.4, -0.2) is 17.9 Å². The monoisotopic (exact) mass is 442 g/mol. The summed E-state index contributed by atoms with van der Waals surface area (Å²) in [6.45, 7) is 9.35. The number of benzene rings is 2. The van der Waals surface area contributed by atoms with Gasteiger partial charge in [0.25, 0.3) is 5.91 Å². The van der Waals surface area contributed by atoms with Crippen molar-refractivity contribution in [2.45, 2.75) is 72.4 Å². The highest BCUT2D eigenvalue weighted by molar-refractivity contribution is 5.97. The highest BCUT2D eigenvalue weighted by atomic mass is 19.1. The van der Waals surface area contributed by atoms with Gasteiger partial charge in [0, 0.05) is 18.5 Å². The van der Waals surface area contributed by atoms with E-state index in [1.54, 1.807) is 0 Å². The maximum absolute atomic E-state index is 14.8. The van der Waals surface area contributed by atoms with E-state index in [1.165, 1.54) is 13.0 Å². The maximum Gasteiger partial charge on any atom is 0.251 e. The first kappa shape index (κ1) is 25.4. The van der Waals surface area contributed by atoms with Crippen LogP contribution in [0.25, 0.3) is 0 Å². The number of amides is 2. The molecule has 2 amide bonds. The van der Waals surface area contributed by atoms with Gasteiger partial charge in [0.05, 0.1) is 0 Å². The van der Waals surface area contributed by atoms with Crippen molar-refractivity contribution in [2.75, 3.05) is 5.32 Å². The molecule has 2 N–H and O–H groups in total. The van der Waals surface area contributed by atoms with Gasteiger partial charge in [-0.2, -0.15) is 0 Å². The summed E-state index contributed by atoms with van der Waals surface area (Å²) in [6, 6.07) is 12.2. The molecular formula is C26H35FN2O3. The molecule has 0 spiro atoms. The molecule has 1 unspecified atom stereocenters. The van der Waals surface area contributed by atoms with E-state index in [0.29, 0.717) is 5.92 Å². The molecule has 174 valence electrons. The SMILES string of the molecule is CC.CC(=O)Nc1c(F)cc(C(=O)NC2CCC(C)CC2)cc1OC(C)c1ccccc1. The van der Waals surface area contributed by atoms with Crippen molar-refractivity contribution in [3.63, 3.8) is 0 Å². The average Bonchev–Trinajstić information content (AvgIpc) is 2.79. The lowest BCUT2D eigenvalue weighted by molar-refractivity contribution is -0.114. The second kappa shape index (κ2) is 12.2. The summed E-state index contributed by atoms with van der Waals surface area (Å²) in [4.78, 5) is 24.3. The zero-order valence-electron chi connectivity index (χ0n) is 19.7. The normalized spacial score (nSPS) is 18.6. The summed E-state index contributed by atoms with van der Waals surface area (Å²) in [6.07, 6.45) is 3.60. The van der Waals surface area contributed by atoms with Crippen molar-refractivity contribution in [1.29, 1.82) is 0 Å². The molecule has 1 aliphatic rings. The standard InChI is InChI=1S/C24H29FN2O3.C2H6/c1-15-9-11-20(12-10-15)27-24(29)19-13-21(25)23(26-17(3)28)22(14-19)30-16(2)18-7-5-4-6-8-18;1-2/h4-8,13-16,20H,9-12H2,1-3H3,(H,26,28)(H,27,29);1-2H3. The number of carbonyl (C=O) groups excluding carboxylic acids is 2. The minimum absolute atomic E-state index is 0.0617. The van der Waals surface area contributed by atoms with E-state index >= 15 is 0 Å². The molecule has 1 atom stereocenters. The molecule has 1 aliphatic carbocycles. The van der Waals surface area contributed by atoms with Gasteiger partial charge in [-0.25, -0.2) is 4.39 Å². The van der Waals surface area contributed by atoms with E-state index in [1.807, 2.05) is 51.1 Å². The Kier molecular flexibility index (Phi) is 9.69. The molecule has 32 heavy (non-hydrogen) atoms. The molecule has 3 rings (SSSR count). The largest absolute Gasteiger partial charge is 0.484 e. The van der Waals surface area contributed by atoms with Crippen LogP contribution in [0.3, 0.4) is 0 Å². The molecular weight excluding hydrogens is 407 g/mol. The van der Waals surface area contributed by atoms with Crippen molar-refractivity contribution in [3.8, 4) is 5.75 Å². The first-order chi connectivity index (χ1) is 15.3. The Morgan fingerprint density at radius 2 is 1.69 bits per heavy atom. The van der Waals surface area contributed by atoms with E-state index < -0.39 is 17.8 Å². The quantitative estimate of drug-likeness (QED) is 0.555. The van der Waals surface area contributed by atoms with Crippen molar-refractivity contribution < 1.29 is 18.7 Å². The fraction of sp³-hybridized carbons (Fsp3) is 0.462. The highest BCUT2D eigenvalue weighted by Gasteiger charge is 2.23. The average molecular weight is 443 g/mol. The lowest BCUT2D eigenvalue weighted by atomic mass is 9.87. The molecule has 1 saturated carbocycles. The van der Waals surface area contributed by atoms with Crippen molar-refractivity contribution in [1.82, 2.24) is 5.32 Å². The van der Waals surface area contributed by atoms with Crippen LogP contribution in [0.1, 0.15) is 82.3 Å². The molecule has 0 radical (unpaired) electrons. The van der Waals surface area contributed by atoms with Crippen LogP contribution in [0.5, 0.6) is 5.75 Å². The molecule has 6 heteroatoms. The van der Waals surface area contributed by atoms with Gasteiger partial charge in [0.2, 0.25) is 5.91 Å². The molecule has 1 fully saturated rings. The van der Waals surface area contributed by atoms with Gasteiger partial charge in [0.1, 0.15) is 17.5 Å². The predicted octanol–water partition coefficient (Wildman–Crippen LogP) is 6.26. The molecule has 0 aliphatic heterocycles. The highest BCUT2D eigenvalue weighted by Crippen LogP contribution is 2.33. The van der Waals surface area contributed by atoms with Gasteiger partial charge in [0.15, 0.2) is 5.82 Å². The second-order valence-electron chi connectivity index (χ2n) is 8.11. The van der Waals surface area contributed by atoms with E-state index in [9.17, 15) is 14.0 Å². The van der Waals surface area contributed by atoms with Crippen LogP contribution in [0.4, 0.5) is 10.1 Å². The number of ether oxygens (including phenoxy) is 1. The van der Waals surface area contributed by atoms with E-state index in [2.05, 4.69) is 17.6 Å². The molecule has 0 saturated heterocycles. The first-order valence-electron chi connectivity index (χ1n) is 11.5. The Bertz CT molecular complexity index is 893. The Balaban J connectivity index is 0.00000176. The van der Waals surface area contributed by atoms with Crippen LogP contribution in [0, 0.1) is 11.7 Å². The minimum Gasteiger partial charge on any atom is -0.484 e. The number of rotatable bonds is 6. The van der Waals surface area contributed by atoms with Gasteiger partial charge in [-0.15, -0.1) is 0 Å². The van der Waals surface area contributed by atoms with Crippen LogP contribution in [0.15, 0.2) is 42.5 Å². The number of nitrogens with one attached hydrogen (secondary N) is 2. The van der Waals surface area contributed by atoms with Crippen LogP contribution in [-0.2, 0) is 4.79 Å². The van der Waals surface area contributed by atoms with Crippen molar-refractivity contribution in [3.05, 3.63) is 59.4 Å². The van der Waals surface area contributed by atoms with Gasteiger partial charge in [-0.1, -0.05) is 51.1 Å². The number of halogens is 1. The Morgan fingerprint density at radius 3 is 2.28 bits per heavy atom. The Labute approximate surface area is 190 Å². The summed E-state index contributed by atoms with van der Waals surface area (Å²) in [5, 5.41) is 5.49. The molecule has 0 bridgehead atoms. The summed E-state index contributed by atoms with van der Waals surface area (Å²) >= 11 is 0. The molecule has 5 nitrogen and oxygen atoms in total. The van der Waals surface area contributed by atoms with Gasteiger partial charge in [-0.05, 0) is 56.2 Å². The topological polar surface area (TPSA) is 67.4 Å². The summed E-state index contributed by atoms with van der Waals surface area (Å²) in [7, 11) is 0. The zero-order valence-corrected chi connectivity index (χ0v) is 19.7. The Hall–Kier alpha value is -2.89. The minimum atomic E-state index is -0.703. The third kappa shape index (κ3) is 7.08. The van der Waals surface area contributed by atoms with Crippen molar-refractivity contribution >= 4 is 17.5 Å². The first-order valence-corrected chi connectivity index (χ1v) is 11.5. The summed E-state index contributed by atoms with van der Waals surface area (Å²) in [5.41, 5.74) is 1.02. The van der Waals surface area contributed by atoms with E-state index in [4.69, 9.17) is 4.74 Å². The lowest BCUT2D eigenvalue weighted by Crippen LogP contribution is -2.37. The van der Waals surface area contributed by atoms with Gasteiger partial charge in [-0.3, -0.25) is 9.59 Å². The van der Waals surface area contributed by atoms with Crippen LogP contribution in [0.2, 0.25) is 0 Å². The van der Waals surface area contributed by atoms with E-state index in [-0.39, 0.29) is 28.9 Å². The fourth-order valence-corrected chi connectivity index (χ4v) is 3.76. The molecule has 2 aromatic carbocycles. The maximum atomic E-state index is 14.8. The fourth-order valence-electron chi connectivity index (χ4n) is 3.76. The van der Waals surface area contributed by atoms with Crippen LogP contribution >= 0.6 is 0 Å². The third-order valence-electron chi connectivity index (χ3n) is 5.54. The van der Waals surface area contributed by atoms with Gasteiger partial charge >= 0.3 is 0 Å². The predicted molar refractivity (Wildman–Crippen MR) is 126 cm³/mol. The third-order valence-corrected chi connectivity index (χ3v) is 5.54. The number of carbonyl (C=O) groups is 2. The number of anilines is 1. The van der Waals surface area contributed by atoms with Crippen LogP contribution < -0.4 is 15.4 Å². The summed E-state index contributed by atoms with van der Waals surface area (Å²) < 4.78 is 20.8.